The molecule has 0 bridgehead atoms. The number of carbonyl (C=O) groups excluding carboxylic acids is 1. The molecule has 4 rings (SSSR count). The zero-order chi connectivity index (χ0) is 23.4. The van der Waals surface area contributed by atoms with E-state index in [9.17, 15) is 23.2 Å². The van der Waals surface area contributed by atoms with Gasteiger partial charge in [-0.3, -0.25) is 19.1 Å². The minimum Gasteiger partial charge on any atom is -0.323 e. The Morgan fingerprint density at radius 1 is 1.03 bits per heavy atom. The van der Waals surface area contributed by atoms with Gasteiger partial charge in [0.05, 0.1) is 11.4 Å². The van der Waals surface area contributed by atoms with E-state index in [2.05, 4.69) is 25.5 Å². The maximum Gasteiger partial charge on any atom is 0.325 e. The van der Waals surface area contributed by atoms with Crippen LogP contribution in [0, 0.1) is 11.6 Å². The molecule has 0 radical (unpaired) electrons. The third-order valence-electron chi connectivity index (χ3n) is 4.43. The van der Waals surface area contributed by atoms with Crippen molar-refractivity contribution in [3.8, 4) is 5.69 Å². The molecule has 12 heteroatoms. The van der Waals surface area contributed by atoms with Crippen LogP contribution in [0.3, 0.4) is 0 Å². The van der Waals surface area contributed by atoms with E-state index < -0.39 is 28.8 Å². The van der Waals surface area contributed by atoms with Crippen LogP contribution in [-0.4, -0.2) is 36.4 Å². The van der Waals surface area contributed by atoms with Gasteiger partial charge < -0.3 is 10.3 Å². The summed E-state index contributed by atoms with van der Waals surface area (Å²) in [5.74, 6) is -1.21. The summed E-state index contributed by atoms with van der Waals surface area (Å²) in [6, 6.07) is 12.5. The lowest BCUT2D eigenvalue weighted by Crippen LogP contribution is -2.23. The summed E-state index contributed by atoms with van der Waals surface area (Å²) in [5.41, 5.74) is -0.359. The highest BCUT2D eigenvalue weighted by molar-refractivity contribution is 7.99. The Morgan fingerprint density at radius 3 is 2.52 bits per heavy atom. The molecule has 0 spiro atoms. The fourth-order valence-electron chi connectivity index (χ4n) is 3.02. The van der Waals surface area contributed by atoms with Crippen molar-refractivity contribution in [3.05, 3.63) is 98.6 Å². The average molecular weight is 470 g/mol. The molecule has 0 unspecified atom stereocenters. The Bertz CT molecular complexity index is 1390. The van der Waals surface area contributed by atoms with Crippen molar-refractivity contribution >= 4 is 23.4 Å². The van der Waals surface area contributed by atoms with Gasteiger partial charge in [-0.05, 0) is 36.4 Å². The minimum atomic E-state index is -0.662. The van der Waals surface area contributed by atoms with Crippen LogP contribution in [0.5, 0.6) is 0 Å². The Kier molecular flexibility index (Phi) is 6.45. The smallest absolute Gasteiger partial charge is 0.323 e. The maximum absolute atomic E-state index is 13.8. The van der Waals surface area contributed by atoms with Crippen LogP contribution in [0.15, 0.2) is 69.3 Å². The van der Waals surface area contributed by atoms with Crippen LogP contribution in [0.1, 0.15) is 11.5 Å². The summed E-state index contributed by atoms with van der Waals surface area (Å²) < 4.78 is 28.8. The Morgan fingerprint density at radius 2 is 1.79 bits per heavy atom. The van der Waals surface area contributed by atoms with Crippen LogP contribution in [0.25, 0.3) is 5.69 Å². The molecule has 0 aliphatic rings. The Hall–Kier alpha value is -4.06. The van der Waals surface area contributed by atoms with Gasteiger partial charge in [-0.15, -0.1) is 10.2 Å². The third-order valence-corrected chi connectivity index (χ3v) is 5.36. The normalized spacial score (nSPS) is 10.8. The summed E-state index contributed by atoms with van der Waals surface area (Å²) >= 11 is 1.04. The monoisotopic (exact) mass is 470 g/mol. The molecule has 9 nitrogen and oxygen atoms in total. The fourth-order valence-corrected chi connectivity index (χ4v) is 3.79. The lowest BCUT2D eigenvalue weighted by atomic mass is 10.2. The predicted molar refractivity (Wildman–Crippen MR) is 118 cm³/mol. The molecular formula is C21H16F2N6O3S. The van der Waals surface area contributed by atoms with Gasteiger partial charge in [-0.1, -0.05) is 23.9 Å². The molecule has 3 N–H and O–H groups in total. The number of aromatic nitrogens is 5. The van der Waals surface area contributed by atoms with Crippen LogP contribution < -0.4 is 16.6 Å². The molecule has 0 aliphatic carbocycles. The molecule has 1 amide bonds. The van der Waals surface area contributed by atoms with Gasteiger partial charge in [0.25, 0.3) is 5.56 Å². The summed E-state index contributed by atoms with van der Waals surface area (Å²) in [5, 5.41) is 11.0. The number of rotatable bonds is 7. The highest BCUT2D eigenvalue weighted by Crippen LogP contribution is 2.24. The zero-order valence-electron chi connectivity index (χ0n) is 16.8. The van der Waals surface area contributed by atoms with Gasteiger partial charge >= 0.3 is 5.69 Å². The van der Waals surface area contributed by atoms with Crippen molar-refractivity contribution in [2.75, 3.05) is 11.1 Å². The standard InChI is InChI=1S/C21H16F2N6O3S/c22-12-5-7-14(8-6-12)29-17(9-13-10-18(30)26-20(32)24-13)27-28-21(29)33-11-19(31)25-16-4-2-1-3-15(16)23/h1-8,10H,9,11H2,(H,25,31)(H2,24,26,30,32). The first-order chi connectivity index (χ1) is 15.9. The van der Waals surface area contributed by atoms with Gasteiger partial charge in [0, 0.05) is 23.9 Å². The number of H-pyrrole nitrogens is 2. The molecule has 0 aliphatic heterocycles. The first-order valence-electron chi connectivity index (χ1n) is 9.59. The van der Waals surface area contributed by atoms with E-state index in [0.29, 0.717) is 22.4 Å². The summed E-state index contributed by atoms with van der Waals surface area (Å²) in [7, 11) is 0. The van der Waals surface area contributed by atoms with E-state index >= 15 is 0 Å². The number of benzene rings is 2. The van der Waals surface area contributed by atoms with Crippen molar-refractivity contribution in [2.45, 2.75) is 11.6 Å². The highest BCUT2D eigenvalue weighted by atomic mass is 32.2. The SMILES string of the molecule is O=C(CSc1nnc(Cc2cc(=O)[nH]c(=O)[nH]2)n1-c1ccc(F)cc1)Nc1ccccc1F. The Labute approximate surface area is 188 Å². The van der Waals surface area contributed by atoms with Gasteiger partial charge in [-0.2, -0.15) is 0 Å². The van der Waals surface area contributed by atoms with Crippen molar-refractivity contribution in [1.29, 1.82) is 0 Å². The molecule has 2 heterocycles. The molecule has 2 aromatic heterocycles. The number of amides is 1. The quantitative estimate of drug-likeness (QED) is 0.356. The number of thioether (sulfide) groups is 1. The van der Waals surface area contributed by atoms with Crippen molar-refractivity contribution in [2.24, 2.45) is 0 Å². The molecule has 168 valence electrons. The number of carbonyl (C=O) groups is 1. The summed E-state index contributed by atoms with van der Waals surface area (Å²) in [6.07, 6.45) is 0.0471. The van der Waals surface area contributed by atoms with Crippen LogP contribution in [0.2, 0.25) is 0 Å². The van der Waals surface area contributed by atoms with E-state index in [1.165, 1.54) is 48.5 Å². The largest absolute Gasteiger partial charge is 0.325 e. The van der Waals surface area contributed by atoms with Gasteiger partial charge in [-0.25, -0.2) is 13.6 Å². The number of nitrogens with one attached hydrogen (secondary N) is 3. The Balaban J connectivity index is 1.60. The fraction of sp³-hybridized carbons (Fsp3) is 0.0952. The minimum absolute atomic E-state index is 0.0471. The summed E-state index contributed by atoms with van der Waals surface area (Å²) in [6.45, 7) is 0. The topological polar surface area (TPSA) is 126 Å². The van der Waals surface area contributed by atoms with Crippen LogP contribution in [-0.2, 0) is 11.2 Å². The van der Waals surface area contributed by atoms with E-state index in [1.54, 1.807) is 10.6 Å². The molecule has 0 saturated heterocycles. The lowest BCUT2D eigenvalue weighted by molar-refractivity contribution is -0.113. The second kappa shape index (κ2) is 9.61. The first kappa shape index (κ1) is 22.1. The lowest BCUT2D eigenvalue weighted by Gasteiger charge is -2.10. The second-order valence-electron chi connectivity index (χ2n) is 6.82. The highest BCUT2D eigenvalue weighted by Gasteiger charge is 2.17. The molecule has 0 fully saturated rings. The number of aromatic amines is 2. The van der Waals surface area contributed by atoms with Crippen LogP contribution >= 0.6 is 11.8 Å². The second-order valence-corrected chi connectivity index (χ2v) is 7.76. The number of hydrogen-bond acceptors (Lipinski definition) is 6. The maximum atomic E-state index is 13.8. The zero-order valence-corrected chi connectivity index (χ0v) is 17.7. The number of anilines is 1. The van der Waals surface area contributed by atoms with Crippen molar-refractivity contribution in [1.82, 2.24) is 24.7 Å². The van der Waals surface area contributed by atoms with E-state index in [0.717, 1.165) is 11.8 Å². The van der Waals surface area contributed by atoms with E-state index in [1.807, 2.05) is 0 Å². The average Bonchev–Trinajstić information content (AvgIpc) is 3.16. The van der Waals surface area contributed by atoms with Crippen molar-refractivity contribution < 1.29 is 13.6 Å². The number of hydrogen-bond donors (Lipinski definition) is 3. The van der Waals surface area contributed by atoms with E-state index in [4.69, 9.17) is 0 Å². The molecule has 4 aromatic rings. The van der Waals surface area contributed by atoms with Gasteiger partial charge in [0.15, 0.2) is 5.16 Å². The molecule has 2 aromatic carbocycles. The van der Waals surface area contributed by atoms with Gasteiger partial charge in [0.2, 0.25) is 5.91 Å². The molecule has 0 atom stereocenters. The number of halogens is 2. The predicted octanol–water partition coefficient (Wildman–Crippen LogP) is 2.24. The molecule has 33 heavy (non-hydrogen) atoms. The first-order valence-corrected chi connectivity index (χ1v) is 10.6. The molecular weight excluding hydrogens is 454 g/mol. The third kappa shape index (κ3) is 5.41. The van der Waals surface area contributed by atoms with Crippen molar-refractivity contribution in [3.63, 3.8) is 0 Å². The molecule has 0 saturated carbocycles. The number of para-hydroxylation sites is 1. The van der Waals surface area contributed by atoms with E-state index in [-0.39, 0.29) is 17.9 Å². The van der Waals surface area contributed by atoms with Gasteiger partial charge in [0.1, 0.15) is 17.5 Å². The summed E-state index contributed by atoms with van der Waals surface area (Å²) in [4.78, 5) is 40.1. The number of nitrogens with zero attached hydrogens (tertiary/aromatic N) is 3. The van der Waals surface area contributed by atoms with Crippen LogP contribution in [0.4, 0.5) is 14.5 Å².